The van der Waals surface area contributed by atoms with Crippen LogP contribution in [-0.4, -0.2) is 10.5 Å². The molecule has 1 aromatic heterocycles. The van der Waals surface area contributed by atoms with E-state index < -0.39 is 0 Å². The molecule has 3 aromatic rings. The Hall–Kier alpha value is -2.88. The van der Waals surface area contributed by atoms with Gasteiger partial charge >= 0.3 is 0 Å². The minimum atomic E-state index is -0.294. The quantitative estimate of drug-likeness (QED) is 0.719. The van der Waals surface area contributed by atoms with Gasteiger partial charge in [0.1, 0.15) is 5.82 Å². The molecule has 0 radical (unpaired) electrons. The van der Waals surface area contributed by atoms with Gasteiger partial charge in [-0.2, -0.15) is 0 Å². The summed E-state index contributed by atoms with van der Waals surface area (Å²) >= 11 is 0. The highest BCUT2D eigenvalue weighted by Gasteiger charge is 2.29. The van der Waals surface area contributed by atoms with Gasteiger partial charge in [0.15, 0.2) is 0 Å². The van der Waals surface area contributed by atoms with E-state index in [9.17, 15) is 9.18 Å². The van der Waals surface area contributed by atoms with Crippen LogP contribution in [0.3, 0.4) is 0 Å². The van der Waals surface area contributed by atoms with Crippen molar-refractivity contribution in [3.05, 3.63) is 77.9 Å². The molecule has 0 unspecified atom stereocenters. The van der Waals surface area contributed by atoms with Crippen LogP contribution in [0.4, 0.5) is 10.1 Å². The van der Waals surface area contributed by atoms with E-state index in [1.54, 1.807) is 6.07 Å². The average molecular weight is 334 g/mol. The molecule has 1 aliphatic carbocycles. The molecule has 4 heteroatoms. The number of para-hydroxylation sites is 1. The second-order valence-corrected chi connectivity index (χ2v) is 6.58. The highest BCUT2D eigenvalue weighted by atomic mass is 19.1. The fourth-order valence-electron chi connectivity index (χ4n) is 3.20. The fourth-order valence-corrected chi connectivity index (χ4v) is 3.20. The maximum atomic E-state index is 13.6. The standard InChI is InChI=1S/C21H19FN2O/c1-24-12-18(14-9-10-14)19(13-24)21(25)23-20-8-3-2-7-17(20)15-5-4-6-16(22)11-15/h2-8,11-14H,9-10H2,1H3,(H,23,25). The second kappa shape index (κ2) is 6.20. The number of halogens is 1. The van der Waals surface area contributed by atoms with E-state index in [0.29, 0.717) is 11.6 Å². The molecule has 0 bridgehead atoms. The molecule has 126 valence electrons. The predicted molar refractivity (Wildman–Crippen MR) is 97.2 cm³/mol. The zero-order chi connectivity index (χ0) is 17.4. The summed E-state index contributed by atoms with van der Waals surface area (Å²) in [6, 6.07) is 13.9. The number of nitrogens with zero attached hydrogens (tertiary/aromatic N) is 1. The lowest BCUT2D eigenvalue weighted by Crippen LogP contribution is -2.13. The molecule has 1 N–H and O–H groups in total. The highest BCUT2D eigenvalue weighted by Crippen LogP contribution is 2.42. The Morgan fingerprint density at radius 2 is 1.92 bits per heavy atom. The van der Waals surface area contributed by atoms with Gasteiger partial charge in [-0.15, -0.1) is 0 Å². The van der Waals surface area contributed by atoms with E-state index in [0.717, 1.165) is 35.1 Å². The number of hydrogen-bond donors (Lipinski definition) is 1. The first-order valence-corrected chi connectivity index (χ1v) is 8.44. The van der Waals surface area contributed by atoms with Gasteiger partial charge in [-0.05, 0) is 48.1 Å². The zero-order valence-corrected chi connectivity index (χ0v) is 14.0. The zero-order valence-electron chi connectivity index (χ0n) is 14.0. The van der Waals surface area contributed by atoms with Gasteiger partial charge in [0, 0.05) is 30.7 Å². The van der Waals surface area contributed by atoms with Crippen LogP contribution >= 0.6 is 0 Å². The Kier molecular flexibility index (Phi) is 3.88. The second-order valence-electron chi connectivity index (χ2n) is 6.58. The van der Waals surface area contributed by atoms with Crippen LogP contribution in [0.5, 0.6) is 0 Å². The molecule has 1 saturated carbocycles. The van der Waals surface area contributed by atoms with Crippen molar-refractivity contribution in [2.75, 3.05) is 5.32 Å². The number of carbonyl (C=O) groups is 1. The SMILES string of the molecule is Cn1cc(C(=O)Nc2ccccc2-c2cccc(F)c2)c(C2CC2)c1. The first kappa shape index (κ1) is 15.6. The molecule has 1 aliphatic rings. The van der Waals surface area contributed by atoms with Gasteiger partial charge in [-0.3, -0.25) is 4.79 Å². The molecule has 4 rings (SSSR count). The lowest BCUT2D eigenvalue weighted by Gasteiger charge is -2.12. The molecule has 0 atom stereocenters. The topological polar surface area (TPSA) is 34.0 Å². The maximum Gasteiger partial charge on any atom is 0.257 e. The molecule has 0 saturated heterocycles. The number of rotatable bonds is 4. The van der Waals surface area contributed by atoms with E-state index in [1.165, 1.54) is 12.1 Å². The van der Waals surface area contributed by atoms with Crippen molar-refractivity contribution < 1.29 is 9.18 Å². The first-order chi connectivity index (χ1) is 12.1. The Labute approximate surface area is 146 Å². The summed E-state index contributed by atoms with van der Waals surface area (Å²) in [7, 11) is 1.93. The van der Waals surface area contributed by atoms with E-state index >= 15 is 0 Å². The van der Waals surface area contributed by atoms with Crippen molar-refractivity contribution in [1.29, 1.82) is 0 Å². The summed E-state index contributed by atoms with van der Waals surface area (Å²) in [6.07, 6.45) is 6.19. The highest BCUT2D eigenvalue weighted by molar-refractivity contribution is 6.07. The third kappa shape index (κ3) is 3.20. The first-order valence-electron chi connectivity index (χ1n) is 8.44. The van der Waals surface area contributed by atoms with Crippen LogP contribution in [-0.2, 0) is 7.05 Å². The Bertz CT molecular complexity index is 941. The molecular weight excluding hydrogens is 315 g/mol. The monoisotopic (exact) mass is 334 g/mol. The lowest BCUT2D eigenvalue weighted by molar-refractivity contribution is 0.102. The summed E-state index contributed by atoms with van der Waals surface area (Å²) < 4.78 is 15.5. The minimum absolute atomic E-state index is 0.119. The van der Waals surface area contributed by atoms with Crippen LogP contribution in [0.1, 0.15) is 34.7 Å². The number of amides is 1. The Morgan fingerprint density at radius 1 is 1.12 bits per heavy atom. The number of benzene rings is 2. The van der Waals surface area contributed by atoms with Gasteiger partial charge in [0.2, 0.25) is 0 Å². The van der Waals surface area contributed by atoms with Gasteiger partial charge in [-0.1, -0.05) is 30.3 Å². The van der Waals surface area contributed by atoms with Crippen molar-refractivity contribution in [1.82, 2.24) is 4.57 Å². The van der Waals surface area contributed by atoms with E-state index in [1.807, 2.05) is 54.3 Å². The average Bonchev–Trinajstić information content (AvgIpc) is 3.37. The summed E-state index contributed by atoms with van der Waals surface area (Å²) in [5.41, 5.74) is 4.07. The summed E-state index contributed by atoms with van der Waals surface area (Å²) in [5.74, 6) is 0.0875. The van der Waals surface area contributed by atoms with Crippen molar-refractivity contribution in [3.63, 3.8) is 0 Å². The van der Waals surface area contributed by atoms with E-state index in [4.69, 9.17) is 0 Å². The number of hydrogen-bond acceptors (Lipinski definition) is 1. The van der Waals surface area contributed by atoms with Crippen LogP contribution in [0, 0.1) is 5.82 Å². The normalized spacial score (nSPS) is 13.7. The number of anilines is 1. The molecule has 0 spiro atoms. The minimum Gasteiger partial charge on any atom is -0.356 e. The lowest BCUT2D eigenvalue weighted by atomic mass is 10.0. The van der Waals surface area contributed by atoms with Crippen molar-refractivity contribution in [3.8, 4) is 11.1 Å². The van der Waals surface area contributed by atoms with Crippen LogP contribution in [0.15, 0.2) is 60.9 Å². The van der Waals surface area contributed by atoms with Gasteiger partial charge in [0.05, 0.1) is 5.56 Å². The molecule has 2 aromatic carbocycles. The smallest absolute Gasteiger partial charge is 0.257 e. The van der Waals surface area contributed by atoms with E-state index in [-0.39, 0.29) is 11.7 Å². The maximum absolute atomic E-state index is 13.6. The van der Waals surface area contributed by atoms with Crippen molar-refractivity contribution in [2.45, 2.75) is 18.8 Å². The molecule has 0 aliphatic heterocycles. The number of aryl methyl sites for hydroxylation is 1. The molecule has 3 nitrogen and oxygen atoms in total. The summed E-state index contributed by atoms with van der Waals surface area (Å²) in [4.78, 5) is 12.8. The predicted octanol–water partition coefficient (Wildman–Crippen LogP) is 4.96. The molecule has 1 fully saturated rings. The molecule has 1 heterocycles. The van der Waals surface area contributed by atoms with Crippen LogP contribution in [0.25, 0.3) is 11.1 Å². The largest absolute Gasteiger partial charge is 0.356 e. The van der Waals surface area contributed by atoms with Crippen LogP contribution < -0.4 is 5.32 Å². The molecule has 1 amide bonds. The molecular formula is C21H19FN2O. The van der Waals surface area contributed by atoms with Crippen LogP contribution in [0.2, 0.25) is 0 Å². The summed E-state index contributed by atoms with van der Waals surface area (Å²) in [5, 5.41) is 3.01. The summed E-state index contributed by atoms with van der Waals surface area (Å²) in [6.45, 7) is 0. The Morgan fingerprint density at radius 3 is 2.68 bits per heavy atom. The third-order valence-electron chi connectivity index (χ3n) is 4.56. The van der Waals surface area contributed by atoms with Crippen molar-refractivity contribution >= 4 is 11.6 Å². The number of aromatic nitrogens is 1. The fraction of sp³-hybridized carbons (Fsp3) is 0.190. The Balaban J connectivity index is 1.66. The van der Waals surface area contributed by atoms with E-state index in [2.05, 4.69) is 5.32 Å². The third-order valence-corrected chi connectivity index (χ3v) is 4.56. The van der Waals surface area contributed by atoms with Gasteiger partial charge in [0.25, 0.3) is 5.91 Å². The van der Waals surface area contributed by atoms with Gasteiger partial charge in [-0.25, -0.2) is 4.39 Å². The molecule has 25 heavy (non-hydrogen) atoms. The van der Waals surface area contributed by atoms with Gasteiger partial charge < -0.3 is 9.88 Å². The number of nitrogens with one attached hydrogen (secondary N) is 1. The van der Waals surface area contributed by atoms with Crippen molar-refractivity contribution in [2.24, 2.45) is 7.05 Å². The number of carbonyl (C=O) groups excluding carboxylic acids is 1.